The summed E-state index contributed by atoms with van der Waals surface area (Å²) in [6.45, 7) is 3.76. The molecule has 10 nitrogen and oxygen atoms in total. The highest BCUT2D eigenvalue weighted by atomic mass is 35.5. The van der Waals surface area contributed by atoms with Crippen LogP contribution in [0.4, 0.5) is 24.8 Å². The molecule has 2 aromatic carbocycles. The minimum Gasteiger partial charge on any atom is -0.384 e. The van der Waals surface area contributed by atoms with E-state index in [1.54, 1.807) is 61.3 Å². The molecule has 0 unspecified atom stereocenters. The van der Waals surface area contributed by atoms with Crippen molar-refractivity contribution < 1.29 is 13.2 Å². The smallest absolute Gasteiger partial charge is 0.384 e. The highest BCUT2D eigenvalue weighted by Gasteiger charge is 2.30. The van der Waals surface area contributed by atoms with Gasteiger partial charge in [0.05, 0.1) is 27.0 Å². The van der Waals surface area contributed by atoms with Gasteiger partial charge < -0.3 is 11.5 Å². The number of nitrogens with zero attached hydrogens (tertiary/aromatic N) is 8. The van der Waals surface area contributed by atoms with Crippen LogP contribution in [0.3, 0.4) is 0 Å². The van der Waals surface area contributed by atoms with Crippen molar-refractivity contribution in [2.45, 2.75) is 20.0 Å². The number of aromatic nitrogens is 8. The Morgan fingerprint density at radius 3 is 1.79 bits per heavy atom. The van der Waals surface area contributed by atoms with Crippen LogP contribution in [-0.4, -0.2) is 39.5 Å². The number of alkyl halides is 3. The average molecular weight is 804 g/mol. The predicted octanol–water partition coefficient (Wildman–Crippen LogP) is 10.4. The Morgan fingerprint density at radius 1 is 0.544 bits per heavy atom. The van der Waals surface area contributed by atoms with Gasteiger partial charge in [0.1, 0.15) is 29.5 Å². The Hall–Kier alpha value is -6.70. The van der Waals surface area contributed by atoms with Crippen molar-refractivity contribution in [1.82, 2.24) is 39.5 Å². The Morgan fingerprint density at radius 2 is 1.16 bits per heavy atom. The molecule has 0 radical (unpaired) electrons. The Kier molecular flexibility index (Phi) is 11.0. The molecular weight excluding hydrogens is 772 g/mol. The van der Waals surface area contributed by atoms with Crippen LogP contribution in [0.25, 0.3) is 62.1 Å². The van der Waals surface area contributed by atoms with Crippen LogP contribution in [-0.2, 0) is 6.18 Å². The van der Waals surface area contributed by atoms with Gasteiger partial charge in [0, 0.05) is 47.3 Å². The predicted molar refractivity (Wildman–Crippen MR) is 217 cm³/mol. The van der Waals surface area contributed by atoms with Crippen LogP contribution < -0.4 is 11.5 Å². The lowest BCUT2D eigenvalue weighted by Gasteiger charge is -2.10. The zero-order valence-corrected chi connectivity index (χ0v) is 31.8. The molecule has 0 saturated carbocycles. The Labute approximate surface area is 335 Å². The lowest BCUT2D eigenvalue weighted by molar-refractivity contribution is -0.137. The molecule has 0 spiro atoms. The largest absolute Gasteiger partial charge is 0.416 e. The molecule has 8 rings (SSSR count). The van der Waals surface area contributed by atoms with E-state index >= 15 is 0 Å². The quantitative estimate of drug-likeness (QED) is 0.168. The van der Waals surface area contributed by atoms with Crippen LogP contribution in [0, 0.1) is 13.8 Å². The van der Waals surface area contributed by atoms with Crippen molar-refractivity contribution in [2.75, 3.05) is 11.5 Å². The second-order valence-electron chi connectivity index (χ2n) is 12.8. The number of hydrogen-bond acceptors (Lipinski definition) is 9. The maximum atomic E-state index is 12.8. The molecule has 15 heteroatoms. The van der Waals surface area contributed by atoms with E-state index in [0.717, 1.165) is 57.2 Å². The molecule has 4 N–H and O–H groups in total. The number of nitrogen functional groups attached to an aromatic ring is 2. The molecule has 0 bridgehead atoms. The standard InChI is InChI=1S/C22H16F3N5.C20H15Cl2N5/c1-13-10-16(14-2-5-17(6-3-14)22(23,24)25)11-19(29-13)21-27-9-8-18(30-21)15-4-7-20(26)28-12-15;1-12-6-15(13-2-4-16(21)17(22)7-13)8-20(26-12)27-10-18(25-11-27)14-3-5-19(23)24-9-14/h2-12H,1H3,(H2,26,28);2-11H,1H3,(H2,23,24). The van der Waals surface area contributed by atoms with Crippen LogP contribution >= 0.6 is 23.2 Å². The van der Waals surface area contributed by atoms with E-state index in [0.29, 0.717) is 50.2 Å². The SMILES string of the molecule is Cc1cc(-c2ccc(C(F)(F)F)cc2)cc(-c2nccc(-c3ccc(N)nc3)n2)n1.Cc1cc(-c2ccc(Cl)c(Cl)c2)cc(-n2cnc(-c3ccc(N)nc3)c2)n1. The molecular formula is C42H31Cl2F3N10. The third kappa shape index (κ3) is 9.23. The summed E-state index contributed by atoms with van der Waals surface area (Å²) in [4.78, 5) is 30.6. The molecule has 0 aliphatic carbocycles. The molecule has 0 atom stereocenters. The van der Waals surface area contributed by atoms with Crippen LogP contribution in [0.2, 0.25) is 10.0 Å². The molecule has 0 amide bonds. The Balaban J connectivity index is 0.000000175. The molecule has 6 heterocycles. The van der Waals surface area contributed by atoms with Gasteiger partial charge in [-0.1, -0.05) is 41.4 Å². The fraction of sp³-hybridized carbons (Fsp3) is 0.0714. The van der Waals surface area contributed by atoms with Crippen LogP contribution in [0.15, 0.2) is 128 Å². The molecule has 0 aliphatic heterocycles. The van der Waals surface area contributed by atoms with Crippen LogP contribution in [0.5, 0.6) is 0 Å². The summed E-state index contributed by atoms with van der Waals surface area (Å²) in [7, 11) is 0. The minimum absolute atomic E-state index is 0.404. The lowest BCUT2D eigenvalue weighted by atomic mass is 10.0. The highest BCUT2D eigenvalue weighted by molar-refractivity contribution is 6.42. The van der Waals surface area contributed by atoms with Gasteiger partial charge in [-0.25, -0.2) is 34.9 Å². The first-order valence-electron chi connectivity index (χ1n) is 17.2. The third-order valence-corrected chi connectivity index (χ3v) is 9.33. The third-order valence-electron chi connectivity index (χ3n) is 8.59. The normalized spacial score (nSPS) is 11.2. The van der Waals surface area contributed by atoms with E-state index in [2.05, 4.69) is 34.9 Å². The summed E-state index contributed by atoms with van der Waals surface area (Å²) in [6, 6.07) is 27.0. The van der Waals surface area contributed by atoms with E-state index in [1.165, 1.54) is 12.1 Å². The van der Waals surface area contributed by atoms with Gasteiger partial charge in [0.15, 0.2) is 5.82 Å². The first-order chi connectivity index (χ1) is 27.3. The topological polar surface area (TPSA) is 147 Å². The molecule has 284 valence electrons. The second-order valence-corrected chi connectivity index (χ2v) is 13.6. The number of nitrogens with two attached hydrogens (primary N) is 2. The number of aryl methyl sites for hydroxylation is 2. The summed E-state index contributed by atoms with van der Waals surface area (Å²) < 4.78 is 40.4. The van der Waals surface area contributed by atoms with Gasteiger partial charge in [0.2, 0.25) is 0 Å². The van der Waals surface area contributed by atoms with Gasteiger partial charge >= 0.3 is 6.18 Å². The first kappa shape index (κ1) is 38.6. The van der Waals surface area contributed by atoms with Gasteiger partial charge in [-0.3, -0.25) is 4.57 Å². The average Bonchev–Trinajstić information content (AvgIpc) is 3.70. The summed E-state index contributed by atoms with van der Waals surface area (Å²) in [5, 5.41) is 1.05. The zero-order chi connectivity index (χ0) is 40.3. The van der Waals surface area contributed by atoms with Crippen molar-refractivity contribution in [3.05, 3.63) is 155 Å². The van der Waals surface area contributed by atoms with E-state index < -0.39 is 11.7 Å². The number of hydrogen-bond donors (Lipinski definition) is 2. The lowest BCUT2D eigenvalue weighted by Crippen LogP contribution is -2.04. The summed E-state index contributed by atoms with van der Waals surface area (Å²) in [6.07, 6.45) is 4.21. The van der Waals surface area contributed by atoms with E-state index in [-0.39, 0.29) is 0 Å². The molecule has 0 saturated heterocycles. The first-order valence-corrected chi connectivity index (χ1v) is 18.0. The number of benzene rings is 2. The van der Waals surface area contributed by atoms with E-state index in [4.69, 9.17) is 34.7 Å². The highest BCUT2D eigenvalue weighted by Crippen LogP contribution is 2.33. The molecule has 6 aromatic heterocycles. The van der Waals surface area contributed by atoms with Crippen LogP contribution in [0.1, 0.15) is 17.0 Å². The number of anilines is 2. The molecule has 0 aliphatic rings. The van der Waals surface area contributed by atoms with E-state index in [9.17, 15) is 13.2 Å². The van der Waals surface area contributed by atoms with E-state index in [1.807, 2.05) is 61.0 Å². The number of imidazole rings is 1. The zero-order valence-electron chi connectivity index (χ0n) is 30.2. The maximum Gasteiger partial charge on any atom is 0.416 e. The monoisotopic (exact) mass is 802 g/mol. The van der Waals surface area contributed by atoms with Gasteiger partial charge in [-0.2, -0.15) is 13.2 Å². The van der Waals surface area contributed by atoms with Crippen molar-refractivity contribution in [3.8, 4) is 62.1 Å². The molecule has 57 heavy (non-hydrogen) atoms. The number of halogens is 5. The van der Waals surface area contributed by atoms with Gasteiger partial charge in [0.25, 0.3) is 0 Å². The second kappa shape index (κ2) is 16.2. The van der Waals surface area contributed by atoms with Crippen molar-refractivity contribution in [3.63, 3.8) is 0 Å². The van der Waals surface area contributed by atoms with Gasteiger partial charge in [-0.15, -0.1) is 0 Å². The molecule has 8 aromatic rings. The number of pyridine rings is 4. The van der Waals surface area contributed by atoms with Crippen molar-refractivity contribution in [1.29, 1.82) is 0 Å². The fourth-order valence-electron chi connectivity index (χ4n) is 5.78. The molecule has 0 fully saturated rings. The summed E-state index contributed by atoms with van der Waals surface area (Å²) in [5.74, 6) is 2.05. The Bertz CT molecular complexity index is 2680. The van der Waals surface area contributed by atoms with Gasteiger partial charge in [-0.05, 0) is 115 Å². The minimum atomic E-state index is -4.37. The number of rotatable bonds is 6. The van der Waals surface area contributed by atoms with Crippen molar-refractivity contribution in [2.24, 2.45) is 0 Å². The fourth-order valence-corrected chi connectivity index (χ4v) is 6.08. The summed E-state index contributed by atoms with van der Waals surface area (Å²) >= 11 is 12.2. The maximum absolute atomic E-state index is 12.8. The summed E-state index contributed by atoms with van der Waals surface area (Å²) in [5.41, 5.74) is 19.2. The van der Waals surface area contributed by atoms with Crippen molar-refractivity contribution >= 4 is 34.8 Å².